The Hall–Kier alpha value is -2.57. The minimum absolute atomic E-state index is 0. The first-order valence-electron chi connectivity index (χ1n) is 8.67. The molecule has 0 radical (unpaired) electrons. The maximum atomic E-state index is 12.7. The Morgan fingerprint density at radius 2 is 1.85 bits per heavy atom. The highest BCUT2D eigenvalue weighted by atomic mass is 35.5. The number of rotatable bonds is 5. The van der Waals surface area contributed by atoms with Crippen LogP contribution in [0.1, 0.15) is 29.6 Å². The van der Waals surface area contributed by atoms with Crippen molar-refractivity contribution in [1.29, 1.82) is 0 Å². The van der Waals surface area contributed by atoms with Crippen LogP contribution in [0.5, 0.6) is 5.75 Å². The lowest BCUT2D eigenvalue weighted by atomic mass is 10.1. The molecule has 0 bridgehead atoms. The highest BCUT2D eigenvalue weighted by Crippen LogP contribution is 2.26. The molecule has 2 aromatic rings. The molecule has 0 aromatic heterocycles. The highest BCUT2D eigenvalue weighted by Gasteiger charge is 2.28. The van der Waals surface area contributed by atoms with Crippen molar-refractivity contribution in [2.24, 2.45) is 11.7 Å². The van der Waals surface area contributed by atoms with Crippen LogP contribution in [-0.2, 0) is 4.79 Å². The fourth-order valence-electron chi connectivity index (χ4n) is 3.18. The molecule has 2 unspecified atom stereocenters. The second kappa shape index (κ2) is 9.39. The number of amides is 2. The van der Waals surface area contributed by atoms with Gasteiger partial charge in [-0.25, -0.2) is 0 Å². The number of nitrogens with one attached hydrogen (secondary N) is 2. The summed E-state index contributed by atoms with van der Waals surface area (Å²) in [5.41, 5.74) is 7.42. The SMILES string of the molecule is COc1cccc(NC(=O)c2ccccc2NC(=O)C2CCC(N)C2)c1.Cl. The Kier molecular flexibility index (Phi) is 7.21. The van der Waals surface area contributed by atoms with E-state index >= 15 is 0 Å². The number of methoxy groups -OCH3 is 1. The van der Waals surface area contributed by atoms with Gasteiger partial charge in [-0.1, -0.05) is 18.2 Å². The predicted octanol–water partition coefficient (Wildman–Crippen LogP) is 3.44. The standard InChI is InChI=1S/C20H23N3O3.ClH/c1-26-16-6-4-5-15(12-16)22-20(25)17-7-2-3-8-18(17)23-19(24)13-9-10-14(21)11-13;/h2-8,12-14H,9-11,21H2,1H3,(H,22,25)(H,23,24);1H. The van der Waals surface area contributed by atoms with E-state index in [1.807, 2.05) is 0 Å². The van der Waals surface area contributed by atoms with Crippen molar-refractivity contribution in [3.63, 3.8) is 0 Å². The van der Waals surface area contributed by atoms with Crippen LogP contribution >= 0.6 is 12.4 Å². The minimum atomic E-state index is -0.294. The average molecular weight is 390 g/mol. The lowest BCUT2D eigenvalue weighted by Gasteiger charge is -2.14. The third-order valence-electron chi connectivity index (χ3n) is 4.60. The molecule has 0 saturated heterocycles. The number of nitrogens with two attached hydrogens (primary N) is 1. The second-order valence-corrected chi connectivity index (χ2v) is 6.49. The summed E-state index contributed by atoms with van der Waals surface area (Å²) < 4.78 is 5.17. The summed E-state index contributed by atoms with van der Waals surface area (Å²) in [4.78, 5) is 25.1. The van der Waals surface area contributed by atoms with Gasteiger partial charge in [0.1, 0.15) is 5.75 Å². The van der Waals surface area contributed by atoms with E-state index in [1.165, 1.54) is 0 Å². The Balaban J connectivity index is 0.00000261. The molecule has 6 nitrogen and oxygen atoms in total. The first kappa shape index (κ1) is 20.7. The van der Waals surface area contributed by atoms with Crippen molar-refractivity contribution in [2.75, 3.05) is 17.7 Å². The van der Waals surface area contributed by atoms with Gasteiger partial charge in [-0.3, -0.25) is 9.59 Å². The molecule has 0 aliphatic heterocycles. The molecule has 2 atom stereocenters. The molecule has 0 spiro atoms. The van der Waals surface area contributed by atoms with Gasteiger partial charge in [0.05, 0.1) is 18.4 Å². The third-order valence-corrected chi connectivity index (χ3v) is 4.60. The molecule has 144 valence electrons. The fourth-order valence-corrected chi connectivity index (χ4v) is 3.18. The molecule has 1 saturated carbocycles. The summed E-state index contributed by atoms with van der Waals surface area (Å²) in [6, 6.07) is 14.2. The van der Waals surface area contributed by atoms with Gasteiger partial charge in [0, 0.05) is 23.7 Å². The number of carbonyl (C=O) groups is 2. The van der Waals surface area contributed by atoms with E-state index in [9.17, 15) is 9.59 Å². The topological polar surface area (TPSA) is 93.5 Å². The van der Waals surface area contributed by atoms with Gasteiger partial charge in [-0.2, -0.15) is 0 Å². The molecule has 2 aromatic carbocycles. The summed E-state index contributed by atoms with van der Waals surface area (Å²) >= 11 is 0. The van der Waals surface area contributed by atoms with Crippen LogP contribution in [0.2, 0.25) is 0 Å². The second-order valence-electron chi connectivity index (χ2n) is 6.49. The molecular formula is C20H24ClN3O3. The quantitative estimate of drug-likeness (QED) is 0.730. The van der Waals surface area contributed by atoms with E-state index in [2.05, 4.69) is 10.6 Å². The summed E-state index contributed by atoms with van der Waals surface area (Å²) in [6.07, 6.45) is 2.32. The molecule has 7 heteroatoms. The van der Waals surface area contributed by atoms with Crippen LogP contribution < -0.4 is 21.1 Å². The normalized spacial score (nSPS) is 18.3. The zero-order valence-electron chi connectivity index (χ0n) is 15.1. The zero-order chi connectivity index (χ0) is 18.5. The predicted molar refractivity (Wildman–Crippen MR) is 109 cm³/mol. The summed E-state index contributed by atoms with van der Waals surface area (Å²) in [7, 11) is 1.57. The lowest BCUT2D eigenvalue weighted by Crippen LogP contribution is -2.24. The van der Waals surface area contributed by atoms with Gasteiger partial charge in [-0.15, -0.1) is 12.4 Å². The summed E-state index contributed by atoms with van der Waals surface area (Å²) in [6.45, 7) is 0. The average Bonchev–Trinajstić information content (AvgIpc) is 3.09. The minimum Gasteiger partial charge on any atom is -0.497 e. The number of hydrogen-bond donors (Lipinski definition) is 3. The Morgan fingerprint density at radius 1 is 1.07 bits per heavy atom. The number of para-hydroxylation sites is 1. The van der Waals surface area contributed by atoms with Crippen LogP contribution in [-0.4, -0.2) is 25.0 Å². The van der Waals surface area contributed by atoms with Gasteiger partial charge >= 0.3 is 0 Å². The molecule has 1 fully saturated rings. The van der Waals surface area contributed by atoms with Crippen molar-refractivity contribution in [2.45, 2.75) is 25.3 Å². The van der Waals surface area contributed by atoms with Gasteiger partial charge in [0.2, 0.25) is 5.91 Å². The Morgan fingerprint density at radius 3 is 2.56 bits per heavy atom. The Bertz CT molecular complexity index is 813. The van der Waals surface area contributed by atoms with E-state index in [4.69, 9.17) is 10.5 Å². The lowest BCUT2D eigenvalue weighted by molar-refractivity contribution is -0.119. The van der Waals surface area contributed by atoms with Crippen LogP contribution in [0, 0.1) is 5.92 Å². The van der Waals surface area contributed by atoms with Crippen LogP contribution in [0.3, 0.4) is 0 Å². The number of halogens is 1. The summed E-state index contributed by atoms with van der Waals surface area (Å²) in [5, 5.41) is 5.72. The van der Waals surface area contributed by atoms with E-state index in [0.29, 0.717) is 29.1 Å². The fraction of sp³-hybridized carbons (Fsp3) is 0.300. The number of hydrogen-bond acceptors (Lipinski definition) is 4. The number of ether oxygens (including phenoxy) is 1. The zero-order valence-corrected chi connectivity index (χ0v) is 15.9. The van der Waals surface area contributed by atoms with Crippen molar-refractivity contribution in [3.8, 4) is 5.75 Å². The van der Waals surface area contributed by atoms with Gasteiger partial charge in [0.15, 0.2) is 0 Å². The molecule has 2 amide bonds. The van der Waals surface area contributed by atoms with Gasteiger partial charge in [-0.05, 0) is 43.5 Å². The molecule has 3 rings (SSSR count). The van der Waals surface area contributed by atoms with Crippen molar-refractivity contribution < 1.29 is 14.3 Å². The number of carbonyl (C=O) groups excluding carboxylic acids is 2. The van der Waals surface area contributed by atoms with E-state index < -0.39 is 0 Å². The summed E-state index contributed by atoms with van der Waals surface area (Å²) in [5.74, 6) is 0.179. The van der Waals surface area contributed by atoms with E-state index in [-0.39, 0.29) is 36.2 Å². The van der Waals surface area contributed by atoms with Crippen LogP contribution in [0.15, 0.2) is 48.5 Å². The Labute approximate surface area is 164 Å². The van der Waals surface area contributed by atoms with E-state index in [1.54, 1.807) is 55.6 Å². The number of benzene rings is 2. The van der Waals surface area contributed by atoms with Gasteiger partial charge in [0.25, 0.3) is 5.91 Å². The molecule has 1 aliphatic carbocycles. The van der Waals surface area contributed by atoms with Crippen molar-refractivity contribution >= 4 is 35.6 Å². The maximum Gasteiger partial charge on any atom is 0.257 e. The van der Waals surface area contributed by atoms with Crippen molar-refractivity contribution in [3.05, 3.63) is 54.1 Å². The molecule has 4 N–H and O–H groups in total. The van der Waals surface area contributed by atoms with E-state index in [0.717, 1.165) is 12.8 Å². The maximum absolute atomic E-state index is 12.7. The largest absolute Gasteiger partial charge is 0.497 e. The molecular weight excluding hydrogens is 366 g/mol. The first-order valence-corrected chi connectivity index (χ1v) is 8.67. The van der Waals surface area contributed by atoms with Crippen LogP contribution in [0.4, 0.5) is 11.4 Å². The smallest absolute Gasteiger partial charge is 0.257 e. The molecule has 27 heavy (non-hydrogen) atoms. The third kappa shape index (κ3) is 5.21. The van der Waals surface area contributed by atoms with Crippen LogP contribution in [0.25, 0.3) is 0 Å². The highest BCUT2D eigenvalue weighted by molar-refractivity contribution is 6.10. The molecule has 1 aliphatic rings. The molecule has 0 heterocycles. The van der Waals surface area contributed by atoms with Gasteiger partial charge < -0.3 is 21.1 Å². The van der Waals surface area contributed by atoms with Crippen molar-refractivity contribution in [1.82, 2.24) is 0 Å². The first-order chi connectivity index (χ1) is 12.6. The monoisotopic (exact) mass is 389 g/mol. The number of anilines is 2.